The van der Waals surface area contributed by atoms with Gasteiger partial charge in [-0.1, -0.05) is 48.5 Å². The van der Waals surface area contributed by atoms with Crippen LogP contribution in [0.25, 0.3) is 11.1 Å². The van der Waals surface area contributed by atoms with Crippen LogP contribution < -0.4 is 0 Å². The minimum atomic E-state index is 0.00171. The van der Waals surface area contributed by atoms with Crippen LogP contribution in [-0.2, 0) is 9.53 Å². The highest BCUT2D eigenvalue weighted by Gasteiger charge is 2.35. The van der Waals surface area contributed by atoms with Crippen LogP contribution in [0.1, 0.15) is 29.9 Å². The van der Waals surface area contributed by atoms with Crippen LogP contribution in [0.5, 0.6) is 0 Å². The molecule has 0 radical (unpaired) electrons. The molecule has 1 atom stereocenters. The van der Waals surface area contributed by atoms with E-state index < -0.39 is 0 Å². The molecule has 2 aromatic rings. The molecule has 1 amide bonds. The minimum absolute atomic E-state index is 0.00171. The number of hydrogen-bond acceptors (Lipinski definition) is 4. The molecule has 5 rings (SSSR count). The molecule has 146 valence electrons. The van der Waals surface area contributed by atoms with Crippen LogP contribution in [0.3, 0.4) is 0 Å². The number of likely N-dealkylation sites (tertiary alicyclic amines) is 1. The fourth-order valence-corrected chi connectivity index (χ4v) is 5.74. The van der Waals surface area contributed by atoms with E-state index in [0.29, 0.717) is 19.2 Å². The third-order valence-electron chi connectivity index (χ3n) is 6.22. The lowest BCUT2D eigenvalue weighted by Gasteiger charge is -2.27. The Hall–Kier alpha value is -1.82. The van der Waals surface area contributed by atoms with E-state index >= 15 is 0 Å². The maximum atomic E-state index is 12.8. The summed E-state index contributed by atoms with van der Waals surface area (Å²) >= 11 is 1.85. The first kappa shape index (κ1) is 18.2. The third kappa shape index (κ3) is 3.25. The highest BCUT2D eigenvalue weighted by atomic mass is 32.2. The SMILES string of the molecule is O=C(C1CCCN1COCC1c2ccccc2-c2ccccc21)N1CCSC1. The van der Waals surface area contributed by atoms with E-state index in [1.54, 1.807) is 0 Å². The maximum Gasteiger partial charge on any atom is 0.240 e. The van der Waals surface area contributed by atoms with Crippen LogP contribution in [-0.4, -0.2) is 59.8 Å². The molecule has 2 heterocycles. The molecule has 5 heteroatoms. The van der Waals surface area contributed by atoms with Gasteiger partial charge in [-0.05, 0) is 35.1 Å². The summed E-state index contributed by atoms with van der Waals surface area (Å²) in [5.74, 6) is 2.48. The van der Waals surface area contributed by atoms with E-state index in [0.717, 1.165) is 37.6 Å². The molecule has 1 aliphatic carbocycles. The predicted molar refractivity (Wildman–Crippen MR) is 113 cm³/mol. The lowest BCUT2D eigenvalue weighted by Crippen LogP contribution is -2.45. The molecular weight excluding hydrogens is 368 g/mol. The maximum absolute atomic E-state index is 12.8. The number of hydrogen-bond donors (Lipinski definition) is 0. The second kappa shape index (κ2) is 7.90. The number of ether oxygens (including phenoxy) is 1. The molecule has 1 unspecified atom stereocenters. The van der Waals surface area contributed by atoms with Crippen molar-refractivity contribution in [1.82, 2.24) is 9.80 Å². The Morgan fingerprint density at radius 1 is 1.04 bits per heavy atom. The molecule has 2 aromatic carbocycles. The molecule has 28 heavy (non-hydrogen) atoms. The Bertz CT molecular complexity index is 820. The molecule has 4 nitrogen and oxygen atoms in total. The second-order valence-corrected chi connectivity index (χ2v) is 8.91. The molecule has 0 spiro atoms. The first-order chi connectivity index (χ1) is 13.8. The van der Waals surface area contributed by atoms with Gasteiger partial charge in [-0.15, -0.1) is 11.8 Å². The standard InChI is InChI=1S/C23H26N2O2S/c26-23(25-12-13-28-16-25)22-10-5-11-24(22)15-27-14-21-19-8-3-1-6-17(19)18-7-2-4-9-20(18)21/h1-4,6-9,21-22H,5,10-16H2. The Kier molecular flexibility index (Phi) is 5.14. The zero-order chi connectivity index (χ0) is 18.9. The number of rotatable bonds is 5. The van der Waals surface area contributed by atoms with Crippen molar-refractivity contribution < 1.29 is 9.53 Å². The van der Waals surface area contributed by atoms with Gasteiger partial charge in [0, 0.05) is 24.8 Å². The van der Waals surface area contributed by atoms with E-state index in [-0.39, 0.29) is 12.0 Å². The smallest absolute Gasteiger partial charge is 0.240 e. The Morgan fingerprint density at radius 2 is 1.75 bits per heavy atom. The largest absolute Gasteiger partial charge is 0.365 e. The number of carbonyl (C=O) groups is 1. The zero-order valence-corrected chi connectivity index (χ0v) is 16.9. The fraction of sp³-hybridized carbons (Fsp3) is 0.435. The van der Waals surface area contributed by atoms with Gasteiger partial charge in [0.2, 0.25) is 5.91 Å². The molecule has 2 saturated heterocycles. The average molecular weight is 395 g/mol. The van der Waals surface area contributed by atoms with Gasteiger partial charge in [0.1, 0.15) is 0 Å². The van der Waals surface area contributed by atoms with Crippen molar-refractivity contribution in [2.45, 2.75) is 24.8 Å². The molecule has 3 aliphatic rings. The topological polar surface area (TPSA) is 32.8 Å². The predicted octanol–water partition coefficient (Wildman–Crippen LogP) is 3.77. The van der Waals surface area contributed by atoms with Gasteiger partial charge in [0.15, 0.2) is 0 Å². The fourth-order valence-electron chi connectivity index (χ4n) is 4.79. The van der Waals surface area contributed by atoms with Crippen molar-refractivity contribution in [2.75, 3.05) is 38.1 Å². The van der Waals surface area contributed by atoms with Crippen LogP contribution in [0.2, 0.25) is 0 Å². The average Bonchev–Trinajstić information content (AvgIpc) is 3.48. The van der Waals surface area contributed by atoms with E-state index in [9.17, 15) is 4.79 Å². The van der Waals surface area contributed by atoms with Gasteiger partial charge in [-0.3, -0.25) is 9.69 Å². The van der Waals surface area contributed by atoms with Gasteiger partial charge in [-0.25, -0.2) is 0 Å². The number of amides is 1. The summed E-state index contributed by atoms with van der Waals surface area (Å²) in [6.07, 6.45) is 2.04. The van der Waals surface area contributed by atoms with Crippen LogP contribution >= 0.6 is 11.8 Å². The summed E-state index contributed by atoms with van der Waals surface area (Å²) in [7, 11) is 0. The van der Waals surface area contributed by atoms with E-state index in [1.165, 1.54) is 22.3 Å². The van der Waals surface area contributed by atoms with Crippen molar-refractivity contribution in [3.63, 3.8) is 0 Å². The highest BCUT2D eigenvalue weighted by molar-refractivity contribution is 7.99. The van der Waals surface area contributed by atoms with Gasteiger partial charge in [0.05, 0.1) is 25.3 Å². The van der Waals surface area contributed by atoms with Gasteiger partial charge in [-0.2, -0.15) is 0 Å². The first-order valence-corrected chi connectivity index (χ1v) is 11.3. The van der Waals surface area contributed by atoms with Crippen molar-refractivity contribution >= 4 is 17.7 Å². The summed E-state index contributed by atoms with van der Waals surface area (Å²) in [5, 5.41) is 0. The number of thioether (sulfide) groups is 1. The van der Waals surface area contributed by atoms with Gasteiger partial charge < -0.3 is 9.64 Å². The van der Waals surface area contributed by atoms with Crippen molar-refractivity contribution in [3.05, 3.63) is 59.7 Å². The van der Waals surface area contributed by atoms with E-state index in [2.05, 4.69) is 53.4 Å². The lowest BCUT2D eigenvalue weighted by molar-refractivity contribution is -0.136. The molecule has 0 N–H and O–H groups in total. The Morgan fingerprint density at radius 3 is 2.43 bits per heavy atom. The monoisotopic (exact) mass is 394 g/mol. The van der Waals surface area contributed by atoms with Crippen molar-refractivity contribution in [2.24, 2.45) is 0 Å². The van der Waals surface area contributed by atoms with Crippen molar-refractivity contribution in [1.29, 1.82) is 0 Å². The molecule has 0 aromatic heterocycles. The van der Waals surface area contributed by atoms with Crippen LogP contribution in [0.15, 0.2) is 48.5 Å². The zero-order valence-electron chi connectivity index (χ0n) is 16.0. The second-order valence-electron chi connectivity index (χ2n) is 7.84. The number of benzene rings is 2. The first-order valence-electron chi connectivity index (χ1n) is 10.2. The Balaban J connectivity index is 1.25. The normalized spacial score (nSPS) is 21.9. The summed E-state index contributed by atoms with van der Waals surface area (Å²) < 4.78 is 6.21. The Labute approximate surface area is 170 Å². The summed E-state index contributed by atoms with van der Waals surface area (Å²) in [4.78, 5) is 17.1. The summed E-state index contributed by atoms with van der Waals surface area (Å²) in [6.45, 7) is 3.04. The van der Waals surface area contributed by atoms with Crippen molar-refractivity contribution in [3.8, 4) is 11.1 Å². The third-order valence-corrected chi connectivity index (χ3v) is 7.18. The molecule has 0 saturated carbocycles. The van der Waals surface area contributed by atoms with E-state index in [4.69, 9.17) is 4.74 Å². The highest BCUT2D eigenvalue weighted by Crippen LogP contribution is 2.44. The summed E-state index contributed by atoms with van der Waals surface area (Å²) in [6, 6.07) is 17.3. The molecule has 0 bridgehead atoms. The van der Waals surface area contributed by atoms with E-state index in [1.807, 2.05) is 16.7 Å². The number of carbonyl (C=O) groups excluding carboxylic acids is 1. The minimum Gasteiger partial charge on any atom is -0.365 e. The van der Waals surface area contributed by atoms with Crippen LogP contribution in [0, 0.1) is 0 Å². The quantitative estimate of drug-likeness (QED) is 0.773. The lowest BCUT2D eigenvalue weighted by atomic mass is 9.98. The number of fused-ring (bicyclic) bond motifs is 3. The number of nitrogens with zero attached hydrogens (tertiary/aromatic N) is 2. The molecular formula is C23H26N2O2S. The molecule has 2 aliphatic heterocycles. The van der Waals surface area contributed by atoms with Crippen LogP contribution in [0.4, 0.5) is 0 Å². The molecule has 2 fully saturated rings. The van der Waals surface area contributed by atoms with Gasteiger partial charge >= 0.3 is 0 Å². The summed E-state index contributed by atoms with van der Waals surface area (Å²) in [5.41, 5.74) is 5.36. The van der Waals surface area contributed by atoms with Gasteiger partial charge in [0.25, 0.3) is 0 Å².